The molecule has 8 heteroatoms. The molecule has 2 rings (SSSR count). The Kier molecular flexibility index (Phi) is 6.98. The van der Waals surface area contributed by atoms with E-state index in [0.29, 0.717) is 19.6 Å². The number of sulfonamides is 1. The summed E-state index contributed by atoms with van der Waals surface area (Å²) >= 11 is 1.69. The lowest BCUT2D eigenvalue weighted by molar-refractivity contribution is -0.125. The topological polar surface area (TPSA) is 79.6 Å². The Morgan fingerprint density at radius 3 is 3.04 bits per heavy atom. The van der Waals surface area contributed by atoms with Gasteiger partial charge in [0.2, 0.25) is 15.9 Å². The Hall–Kier alpha value is -0.990. The molecule has 0 aliphatic carbocycles. The van der Waals surface area contributed by atoms with E-state index in [1.165, 1.54) is 4.31 Å². The minimum atomic E-state index is -3.20. The van der Waals surface area contributed by atoms with Crippen molar-refractivity contribution in [2.24, 2.45) is 5.92 Å². The van der Waals surface area contributed by atoms with Gasteiger partial charge in [-0.3, -0.25) is 4.79 Å². The lowest BCUT2D eigenvalue weighted by Crippen LogP contribution is -2.46. The lowest BCUT2D eigenvalue weighted by atomic mass is 9.99. The molecule has 1 fully saturated rings. The maximum atomic E-state index is 12.2. The lowest BCUT2D eigenvalue weighted by Gasteiger charge is -2.30. The van der Waals surface area contributed by atoms with Crippen molar-refractivity contribution in [3.63, 3.8) is 0 Å². The van der Waals surface area contributed by atoms with Crippen LogP contribution in [0.2, 0.25) is 0 Å². The highest BCUT2D eigenvalue weighted by atomic mass is 32.2. The minimum absolute atomic E-state index is 0.0420. The van der Waals surface area contributed by atoms with Crippen LogP contribution in [0.3, 0.4) is 0 Å². The van der Waals surface area contributed by atoms with Crippen molar-refractivity contribution in [1.82, 2.24) is 9.62 Å². The van der Waals surface area contributed by atoms with Crippen molar-refractivity contribution in [1.29, 1.82) is 0 Å². The number of rotatable bonds is 8. The number of nitrogens with zero attached hydrogens (tertiary/aromatic N) is 1. The van der Waals surface area contributed by atoms with Gasteiger partial charge >= 0.3 is 0 Å². The van der Waals surface area contributed by atoms with Crippen LogP contribution in [0.4, 0.5) is 0 Å². The molecule has 0 aromatic carbocycles. The molecular weight excluding hydrogens is 336 g/mol. The van der Waals surface area contributed by atoms with Crippen molar-refractivity contribution >= 4 is 27.7 Å². The zero-order valence-electron chi connectivity index (χ0n) is 13.4. The van der Waals surface area contributed by atoms with Gasteiger partial charge in [-0.05, 0) is 31.9 Å². The van der Waals surface area contributed by atoms with Crippen molar-refractivity contribution in [2.45, 2.75) is 25.5 Å². The number of amides is 1. The number of carbonyl (C=O) groups is 1. The SMILES string of the molecule is CCS(=O)(=O)N1CCC[C@@H](C(=O)NCCSCc2ccco2)C1. The Morgan fingerprint density at radius 1 is 1.52 bits per heavy atom. The van der Waals surface area contributed by atoms with Gasteiger partial charge in [-0.2, -0.15) is 11.8 Å². The largest absolute Gasteiger partial charge is 0.468 e. The van der Waals surface area contributed by atoms with Gasteiger partial charge in [-0.25, -0.2) is 12.7 Å². The molecule has 1 aromatic rings. The molecule has 0 unspecified atom stereocenters. The Bertz CT molecular complexity index is 587. The summed E-state index contributed by atoms with van der Waals surface area (Å²) in [5.41, 5.74) is 0. The van der Waals surface area contributed by atoms with Gasteiger partial charge in [0.15, 0.2) is 0 Å². The zero-order chi connectivity index (χ0) is 16.7. The molecule has 130 valence electrons. The monoisotopic (exact) mass is 360 g/mol. The first-order valence-corrected chi connectivity index (χ1v) is 10.6. The standard InChI is InChI=1S/C15H24N2O4S2/c1-2-23(19,20)17-8-3-5-13(11-17)15(18)16-7-10-22-12-14-6-4-9-21-14/h4,6,9,13H,2-3,5,7-8,10-12H2,1H3,(H,16,18)/t13-/m1/s1. The highest BCUT2D eigenvalue weighted by Gasteiger charge is 2.31. The molecule has 0 bridgehead atoms. The number of nitrogens with one attached hydrogen (secondary N) is 1. The molecule has 1 amide bonds. The predicted molar refractivity (Wildman–Crippen MR) is 91.6 cm³/mol. The molecule has 1 aliphatic rings. The summed E-state index contributed by atoms with van der Waals surface area (Å²) in [6, 6.07) is 3.78. The molecule has 1 N–H and O–H groups in total. The fourth-order valence-electron chi connectivity index (χ4n) is 2.55. The maximum Gasteiger partial charge on any atom is 0.224 e. The minimum Gasteiger partial charge on any atom is -0.468 e. The maximum absolute atomic E-state index is 12.2. The van der Waals surface area contributed by atoms with Gasteiger partial charge in [0, 0.05) is 25.4 Å². The fourth-order valence-corrected chi connectivity index (χ4v) is 4.49. The van der Waals surface area contributed by atoms with E-state index in [1.807, 2.05) is 12.1 Å². The van der Waals surface area contributed by atoms with Crippen LogP contribution in [-0.2, 0) is 20.6 Å². The highest BCUT2D eigenvalue weighted by molar-refractivity contribution is 7.98. The van der Waals surface area contributed by atoms with Crippen LogP contribution in [-0.4, -0.2) is 49.8 Å². The number of hydrogen-bond donors (Lipinski definition) is 1. The van der Waals surface area contributed by atoms with E-state index in [1.54, 1.807) is 24.9 Å². The smallest absolute Gasteiger partial charge is 0.224 e. The van der Waals surface area contributed by atoms with Crippen molar-refractivity contribution in [3.8, 4) is 0 Å². The van der Waals surface area contributed by atoms with Crippen molar-refractivity contribution in [2.75, 3.05) is 31.1 Å². The summed E-state index contributed by atoms with van der Waals surface area (Å²) < 4.78 is 30.5. The number of thioether (sulfide) groups is 1. The van der Waals surface area contributed by atoms with E-state index in [2.05, 4.69) is 5.32 Å². The van der Waals surface area contributed by atoms with E-state index in [9.17, 15) is 13.2 Å². The third-order valence-electron chi connectivity index (χ3n) is 3.88. The average molecular weight is 361 g/mol. The molecule has 1 saturated heterocycles. The molecule has 23 heavy (non-hydrogen) atoms. The number of hydrogen-bond acceptors (Lipinski definition) is 5. The molecule has 1 atom stereocenters. The Labute approximate surface area is 142 Å². The van der Waals surface area contributed by atoms with Crippen LogP contribution in [0.25, 0.3) is 0 Å². The number of piperidine rings is 1. The van der Waals surface area contributed by atoms with Gasteiger partial charge in [0.05, 0.1) is 23.7 Å². The van der Waals surface area contributed by atoms with E-state index in [4.69, 9.17) is 4.42 Å². The van der Waals surface area contributed by atoms with Gasteiger partial charge in [0.25, 0.3) is 0 Å². The van der Waals surface area contributed by atoms with Crippen molar-refractivity contribution < 1.29 is 17.6 Å². The van der Waals surface area contributed by atoms with Crippen molar-refractivity contribution in [3.05, 3.63) is 24.2 Å². The van der Waals surface area contributed by atoms with Crippen LogP contribution in [0, 0.1) is 5.92 Å². The van der Waals surface area contributed by atoms with E-state index >= 15 is 0 Å². The zero-order valence-corrected chi connectivity index (χ0v) is 15.0. The number of carbonyl (C=O) groups excluding carboxylic acids is 1. The molecule has 0 radical (unpaired) electrons. The summed E-state index contributed by atoms with van der Waals surface area (Å²) in [7, 11) is -3.20. The highest BCUT2D eigenvalue weighted by Crippen LogP contribution is 2.19. The summed E-state index contributed by atoms with van der Waals surface area (Å²) in [6.45, 7) is 3.05. The summed E-state index contributed by atoms with van der Waals surface area (Å²) in [4.78, 5) is 12.2. The molecular formula is C15H24N2O4S2. The predicted octanol–water partition coefficient (Wildman–Crippen LogP) is 1.69. The second-order valence-corrected chi connectivity index (χ2v) is 8.88. The van der Waals surface area contributed by atoms with Gasteiger partial charge in [-0.15, -0.1) is 0 Å². The summed E-state index contributed by atoms with van der Waals surface area (Å²) in [6.07, 6.45) is 3.14. The first-order valence-electron chi connectivity index (χ1n) is 7.88. The molecule has 0 spiro atoms. The Morgan fingerprint density at radius 2 is 2.35 bits per heavy atom. The van der Waals surface area contributed by atoms with Gasteiger partial charge in [-0.1, -0.05) is 0 Å². The first-order chi connectivity index (χ1) is 11.0. The summed E-state index contributed by atoms with van der Waals surface area (Å²) in [5, 5.41) is 2.91. The van der Waals surface area contributed by atoms with Crippen LogP contribution in [0.15, 0.2) is 22.8 Å². The quantitative estimate of drug-likeness (QED) is 0.714. The third-order valence-corrected chi connectivity index (χ3v) is 6.71. The number of furan rings is 1. The van der Waals surface area contributed by atoms with Crippen LogP contribution < -0.4 is 5.32 Å². The van der Waals surface area contributed by atoms with Crippen LogP contribution >= 0.6 is 11.8 Å². The molecule has 6 nitrogen and oxygen atoms in total. The van der Waals surface area contributed by atoms with E-state index < -0.39 is 10.0 Å². The molecule has 1 aliphatic heterocycles. The van der Waals surface area contributed by atoms with Gasteiger partial charge in [0.1, 0.15) is 5.76 Å². The van der Waals surface area contributed by atoms with Gasteiger partial charge < -0.3 is 9.73 Å². The van der Waals surface area contributed by atoms with E-state index in [-0.39, 0.29) is 17.6 Å². The molecule has 0 saturated carbocycles. The van der Waals surface area contributed by atoms with Crippen LogP contribution in [0.1, 0.15) is 25.5 Å². The summed E-state index contributed by atoms with van der Waals surface area (Å²) in [5.74, 6) is 2.32. The Balaban J connectivity index is 1.68. The van der Waals surface area contributed by atoms with Crippen LogP contribution in [0.5, 0.6) is 0 Å². The average Bonchev–Trinajstić information content (AvgIpc) is 3.08. The molecule has 2 heterocycles. The van der Waals surface area contributed by atoms with E-state index in [0.717, 1.165) is 30.1 Å². The second-order valence-electron chi connectivity index (χ2n) is 5.52. The normalized spacial score (nSPS) is 19.6. The second kappa shape index (κ2) is 8.75. The molecule has 1 aromatic heterocycles. The first kappa shape index (κ1) is 18.4. The fraction of sp³-hybridized carbons (Fsp3) is 0.667. The third kappa shape index (κ3) is 5.54.